The predicted molar refractivity (Wildman–Crippen MR) is 102 cm³/mol. The third-order valence-electron chi connectivity index (χ3n) is 3.31. The summed E-state index contributed by atoms with van der Waals surface area (Å²) in [6.45, 7) is 3.83. The molecule has 8 heteroatoms. The number of aromatic nitrogens is 2. The summed E-state index contributed by atoms with van der Waals surface area (Å²) in [7, 11) is 1.66. The number of rotatable bonds is 6. The van der Waals surface area contributed by atoms with Gasteiger partial charge in [-0.05, 0) is 42.7 Å². The van der Waals surface area contributed by atoms with Crippen molar-refractivity contribution in [3.05, 3.63) is 53.4 Å². The summed E-state index contributed by atoms with van der Waals surface area (Å²) in [5, 5.41) is 10.4. The van der Waals surface area contributed by atoms with E-state index in [9.17, 15) is 8.78 Å². The Bertz CT molecular complexity index is 672. The lowest BCUT2D eigenvalue weighted by Gasteiger charge is -2.12. The highest BCUT2D eigenvalue weighted by Crippen LogP contribution is 2.09. The van der Waals surface area contributed by atoms with Crippen molar-refractivity contribution in [3.8, 4) is 0 Å². The Morgan fingerprint density at radius 3 is 2.67 bits per heavy atom. The molecule has 5 nitrogen and oxygen atoms in total. The fourth-order valence-corrected chi connectivity index (χ4v) is 2.15. The van der Waals surface area contributed by atoms with E-state index < -0.39 is 11.6 Å². The van der Waals surface area contributed by atoms with Crippen LogP contribution in [0.3, 0.4) is 0 Å². The Kier molecular flexibility index (Phi) is 8.66. The molecule has 0 saturated heterocycles. The lowest BCUT2D eigenvalue weighted by molar-refractivity contribution is 0.581. The topological polar surface area (TPSA) is 54.2 Å². The molecule has 0 aliphatic rings. The van der Waals surface area contributed by atoms with E-state index >= 15 is 0 Å². The molecular formula is C16H22F2IN5. The van der Waals surface area contributed by atoms with Gasteiger partial charge >= 0.3 is 0 Å². The van der Waals surface area contributed by atoms with E-state index in [4.69, 9.17) is 0 Å². The molecule has 2 rings (SSSR count). The van der Waals surface area contributed by atoms with Crippen molar-refractivity contribution in [2.45, 2.75) is 19.9 Å². The molecule has 1 aromatic heterocycles. The highest BCUT2D eigenvalue weighted by molar-refractivity contribution is 14.0. The largest absolute Gasteiger partial charge is 0.356 e. The summed E-state index contributed by atoms with van der Waals surface area (Å²) in [5.74, 6) is -0.214. The Balaban J connectivity index is 0.00000288. The van der Waals surface area contributed by atoms with Crippen LogP contribution < -0.4 is 10.6 Å². The third-order valence-corrected chi connectivity index (χ3v) is 3.31. The van der Waals surface area contributed by atoms with E-state index in [-0.39, 0.29) is 24.0 Å². The maximum atomic E-state index is 13.5. The van der Waals surface area contributed by atoms with Crippen LogP contribution in [0.2, 0.25) is 0 Å². The van der Waals surface area contributed by atoms with Gasteiger partial charge in [0.15, 0.2) is 5.96 Å². The molecule has 0 atom stereocenters. The number of hydrogen-bond acceptors (Lipinski definition) is 2. The zero-order valence-electron chi connectivity index (χ0n) is 13.7. The Morgan fingerprint density at radius 2 is 2.00 bits per heavy atom. The van der Waals surface area contributed by atoms with Gasteiger partial charge in [0, 0.05) is 26.3 Å². The van der Waals surface area contributed by atoms with E-state index in [1.165, 1.54) is 6.07 Å². The van der Waals surface area contributed by atoms with Crippen LogP contribution in [0.5, 0.6) is 0 Å². The first-order chi connectivity index (χ1) is 11.1. The van der Waals surface area contributed by atoms with Crippen molar-refractivity contribution in [1.82, 2.24) is 20.4 Å². The van der Waals surface area contributed by atoms with Gasteiger partial charge in [-0.15, -0.1) is 24.0 Å². The number of nitrogens with one attached hydrogen (secondary N) is 2. The number of guanidine groups is 1. The van der Waals surface area contributed by atoms with Crippen LogP contribution in [0.25, 0.3) is 0 Å². The van der Waals surface area contributed by atoms with Crippen LogP contribution in [-0.2, 0) is 13.0 Å². The fraction of sp³-hybridized carbons (Fsp3) is 0.375. The van der Waals surface area contributed by atoms with Gasteiger partial charge in [0.05, 0.1) is 12.7 Å². The number of nitrogens with zero attached hydrogens (tertiary/aromatic N) is 3. The minimum absolute atomic E-state index is 0. The average Bonchev–Trinajstić information content (AvgIpc) is 2.94. The van der Waals surface area contributed by atoms with Crippen molar-refractivity contribution in [1.29, 1.82) is 0 Å². The summed E-state index contributed by atoms with van der Waals surface area (Å²) >= 11 is 0. The SMILES string of the molecule is CN=C(NCCc1cc(F)ccc1F)NCCn1cc(C)cn1.I. The average molecular weight is 449 g/mol. The quantitative estimate of drug-likeness (QED) is 0.405. The van der Waals surface area contributed by atoms with Crippen LogP contribution in [0.15, 0.2) is 35.6 Å². The van der Waals surface area contributed by atoms with Crippen LogP contribution >= 0.6 is 24.0 Å². The van der Waals surface area contributed by atoms with Gasteiger partial charge in [-0.25, -0.2) is 8.78 Å². The second-order valence-corrected chi connectivity index (χ2v) is 5.19. The van der Waals surface area contributed by atoms with Crippen molar-refractivity contribution in [2.24, 2.45) is 4.99 Å². The van der Waals surface area contributed by atoms with Crippen LogP contribution in [0.1, 0.15) is 11.1 Å². The summed E-state index contributed by atoms with van der Waals surface area (Å²) in [6.07, 6.45) is 4.15. The van der Waals surface area contributed by atoms with E-state index in [0.717, 1.165) is 17.7 Å². The highest BCUT2D eigenvalue weighted by atomic mass is 127. The van der Waals surface area contributed by atoms with Crippen LogP contribution in [-0.4, -0.2) is 35.9 Å². The molecule has 0 radical (unpaired) electrons. The number of halogens is 3. The van der Waals surface area contributed by atoms with Gasteiger partial charge in [0.1, 0.15) is 11.6 Å². The first kappa shape index (κ1) is 20.3. The van der Waals surface area contributed by atoms with E-state index in [0.29, 0.717) is 37.6 Å². The lowest BCUT2D eigenvalue weighted by Crippen LogP contribution is -2.39. The normalized spacial score (nSPS) is 11.1. The number of benzene rings is 1. The molecule has 0 aliphatic carbocycles. The Morgan fingerprint density at radius 1 is 1.25 bits per heavy atom. The maximum absolute atomic E-state index is 13.5. The lowest BCUT2D eigenvalue weighted by atomic mass is 10.1. The summed E-state index contributed by atoms with van der Waals surface area (Å²) < 4.78 is 28.5. The smallest absolute Gasteiger partial charge is 0.191 e. The number of aliphatic imine (C=N–C) groups is 1. The van der Waals surface area contributed by atoms with Gasteiger partial charge in [-0.1, -0.05) is 0 Å². The summed E-state index contributed by atoms with van der Waals surface area (Å²) in [6, 6.07) is 3.47. The Hall–Kier alpha value is -1.71. The molecule has 0 aliphatic heterocycles. The van der Waals surface area contributed by atoms with E-state index in [1.54, 1.807) is 13.2 Å². The van der Waals surface area contributed by atoms with Crippen molar-refractivity contribution in [3.63, 3.8) is 0 Å². The zero-order valence-corrected chi connectivity index (χ0v) is 16.1. The molecule has 24 heavy (non-hydrogen) atoms. The van der Waals surface area contributed by atoms with Gasteiger partial charge in [0.2, 0.25) is 0 Å². The molecule has 0 bridgehead atoms. The molecule has 0 unspecified atom stereocenters. The summed E-state index contributed by atoms with van der Waals surface area (Å²) in [5.41, 5.74) is 1.46. The number of aryl methyl sites for hydroxylation is 1. The van der Waals surface area contributed by atoms with Crippen LogP contribution in [0, 0.1) is 18.6 Å². The van der Waals surface area contributed by atoms with Gasteiger partial charge in [-0.2, -0.15) is 5.10 Å². The van der Waals surface area contributed by atoms with Crippen molar-refractivity contribution < 1.29 is 8.78 Å². The van der Waals surface area contributed by atoms with Gasteiger partial charge in [-0.3, -0.25) is 9.67 Å². The monoisotopic (exact) mass is 449 g/mol. The molecule has 0 amide bonds. The molecule has 0 fully saturated rings. The van der Waals surface area contributed by atoms with E-state index in [2.05, 4.69) is 20.7 Å². The third kappa shape index (κ3) is 6.42. The standard InChI is InChI=1S/C16H21F2N5.HI/c1-12-10-22-23(11-12)8-7-21-16(19-2)20-6-5-13-9-14(17)3-4-15(13)18;/h3-4,9-11H,5-8H2,1-2H3,(H2,19,20,21);1H. The molecular weight excluding hydrogens is 427 g/mol. The van der Waals surface area contributed by atoms with E-state index in [1.807, 2.05) is 17.8 Å². The number of hydrogen-bond donors (Lipinski definition) is 2. The second-order valence-electron chi connectivity index (χ2n) is 5.19. The molecule has 2 aromatic rings. The molecule has 1 aromatic carbocycles. The molecule has 2 N–H and O–H groups in total. The summed E-state index contributed by atoms with van der Waals surface area (Å²) in [4.78, 5) is 4.09. The second kappa shape index (κ2) is 10.2. The van der Waals surface area contributed by atoms with Crippen molar-refractivity contribution >= 4 is 29.9 Å². The molecule has 0 spiro atoms. The van der Waals surface area contributed by atoms with Gasteiger partial charge in [0.25, 0.3) is 0 Å². The van der Waals surface area contributed by atoms with Crippen LogP contribution in [0.4, 0.5) is 8.78 Å². The fourth-order valence-electron chi connectivity index (χ4n) is 2.15. The van der Waals surface area contributed by atoms with Crippen molar-refractivity contribution in [2.75, 3.05) is 20.1 Å². The molecule has 132 valence electrons. The highest BCUT2D eigenvalue weighted by Gasteiger charge is 2.04. The Labute approximate surface area is 157 Å². The molecule has 1 heterocycles. The predicted octanol–water partition coefficient (Wildman–Crippen LogP) is 2.50. The molecule has 0 saturated carbocycles. The van der Waals surface area contributed by atoms with Gasteiger partial charge < -0.3 is 10.6 Å². The minimum atomic E-state index is -0.432. The minimum Gasteiger partial charge on any atom is -0.356 e. The first-order valence-electron chi connectivity index (χ1n) is 7.46. The maximum Gasteiger partial charge on any atom is 0.191 e. The first-order valence-corrected chi connectivity index (χ1v) is 7.46. The zero-order chi connectivity index (χ0) is 16.7.